The predicted molar refractivity (Wildman–Crippen MR) is 66.6 cm³/mol. The van der Waals surface area contributed by atoms with Gasteiger partial charge in [0.15, 0.2) is 0 Å². The fourth-order valence-electron chi connectivity index (χ4n) is 1.78. The van der Waals surface area contributed by atoms with E-state index in [4.69, 9.17) is 5.73 Å². The number of hydrogen-bond donors (Lipinski definition) is 2. The van der Waals surface area contributed by atoms with Crippen LogP contribution in [0.1, 0.15) is 19.3 Å². The van der Waals surface area contributed by atoms with Gasteiger partial charge in [0.2, 0.25) is 0 Å². The van der Waals surface area contributed by atoms with Crippen molar-refractivity contribution in [3.05, 3.63) is 18.3 Å². The molecule has 0 amide bonds. The van der Waals surface area contributed by atoms with Gasteiger partial charge >= 0.3 is 10.2 Å². The molecule has 6 nitrogen and oxygen atoms in total. The molecule has 1 aliphatic rings. The monoisotopic (exact) mass is 256 g/mol. The summed E-state index contributed by atoms with van der Waals surface area (Å²) >= 11 is 0. The van der Waals surface area contributed by atoms with Crippen LogP contribution in [0.3, 0.4) is 0 Å². The maximum atomic E-state index is 12.0. The number of nitrogens with two attached hydrogens (primary N) is 1. The summed E-state index contributed by atoms with van der Waals surface area (Å²) in [5.41, 5.74) is 5.87. The van der Waals surface area contributed by atoms with E-state index in [0.29, 0.717) is 24.6 Å². The van der Waals surface area contributed by atoms with Gasteiger partial charge < -0.3 is 5.73 Å². The van der Waals surface area contributed by atoms with E-state index in [1.807, 2.05) is 0 Å². The van der Waals surface area contributed by atoms with E-state index in [1.165, 1.54) is 10.5 Å². The van der Waals surface area contributed by atoms with Crippen molar-refractivity contribution in [1.82, 2.24) is 9.29 Å². The van der Waals surface area contributed by atoms with Crippen molar-refractivity contribution in [2.45, 2.75) is 19.3 Å². The smallest absolute Gasteiger partial charge is 0.301 e. The molecule has 0 aliphatic carbocycles. The third-order valence-corrected chi connectivity index (χ3v) is 4.23. The van der Waals surface area contributed by atoms with Crippen molar-refractivity contribution < 1.29 is 8.42 Å². The Kier molecular flexibility index (Phi) is 3.49. The van der Waals surface area contributed by atoms with Gasteiger partial charge in [0.25, 0.3) is 0 Å². The Balaban J connectivity index is 2.08. The highest BCUT2D eigenvalue weighted by Gasteiger charge is 2.23. The largest absolute Gasteiger partial charge is 0.384 e. The van der Waals surface area contributed by atoms with Crippen LogP contribution in [0.2, 0.25) is 0 Å². The van der Waals surface area contributed by atoms with Gasteiger partial charge in [-0.3, -0.25) is 4.72 Å². The second-order valence-corrected chi connectivity index (χ2v) is 5.71. The molecule has 0 spiro atoms. The lowest BCUT2D eigenvalue weighted by Gasteiger charge is -2.26. The van der Waals surface area contributed by atoms with Crippen LogP contribution in [0.25, 0.3) is 0 Å². The van der Waals surface area contributed by atoms with Crippen LogP contribution in [-0.4, -0.2) is 30.8 Å². The number of nitrogens with zero attached hydrogens (tertiary/aromatic N) is 2. The molecule has 94 valence electrons. The lowest BCUT2D eigenvalue weighted by Crippen LogP contribution is -2.39. The number of nitrogens with one attached hydrogen (secondary N) is 1. The molecule has 1 saturated heterocycles. The lowest BCUT2D eigenvalue weighted by molar-refractivity contribution is 0.349. The Labute approximate surface area is 101 Å². The summed E-state index contributed by atoms with van der Waals surface area (Å²) in [4.78, 5) is 3.84. The Morgan fingerprint density at radius 2 is 1.94 bits per heavy atom. The van der Waals surface area contributed by atoms with E-state index in [-0.39, 0.29) is 0 Å². The zero-order chi connectivity index (χ0) is 12.3. The summed E-state index contributed by atoms with van der Waals surface area (Å²) in [6.07, 6.45) is 4.34. The lowest BCUT2D eigenvalue weighted by atomic mass is 10.2. The first kappa shape index (κ1) is 12.1. The van der Waals surface area contributed by atoms with Crippen molar-refractivity contribution in [2.75, 3.05) is 23.5 Å². The Hall–Kier alpha value is -1.34. The summed E-state index contributed by atoms with van der Waals surface area (Å²) in [5.74, 6) is 0.367. The summed E-state index contributed by atoms with van der Waals surface area (Å²) in [6, 6.07) is 3.16. The number of nitrogen functional groups attached to an aromatic ring is 1. The molecule has 0 aromatic carbocycles. The number of anilines is 2. The molecule has 1 fully saturated rings. The maximum Gasteiger partial charge on any atom is 0.301 e. The zero-order valence-corrected chi connectivity index (χ0v) is 10.3. The minimum atomic E-state index is -3.45. The molecule has 0 bridgehead atoms. The minimum Gasteiger partial charge on any atom is -0.384 e. The Morgan fingerprint density at radius 3 is 2.53 bits per heavy atom. The molecule has 0 unspecified atom stereocenters. The first-order valence-electron chi connectivity index (χ1n) is 5.57. The third kappa shape index (κ3) is 3.07. The topological polar surface area (TPSA) is 88.3 Å². The number of rotatable bonds is 3. The molecule has 2 rings (SSSR count). The van der Waals surface area contributed by atoms with Crippen LogP contribution >= 0.6 is 0 Å². The predicted octanol–water partition coefficient (Wildman–Crippen LogP) is 0.806. The first-order chi connectivity index (χ1) is 8.08. The van der Waals surface area contributed by atoms with E-state index >= 15 is 0 Å². The molecule has 7 heteroatoms. The van der Waals surface area contributed by atoms with E-state index in [9.17, 15) is 8.42 Å². The third-order valence-electron chi connectivity index (χ3n) is 2.69. The molecule has 17 heavy (non-hydrogen) atoms. The van der Waals surface area contributed by atoms with Crippen LogP contribution in [0.4, 0.5) is 11.5 Å². The van der Waals surface area contributed by atoms with Gasteiger partial charge in [0, 0.05) is 13.1 Å². The van der Waals surface area contributed by atoms with Crippen molar-refractivity contribution in [1.29, 1.82) is 0 Å². The molecular weight excluding hydrogens is 240 g/mol. The second-order valence-electron chi connectivity index (χ2n) is 4.04. The SMILES string of the molecule is Nc1ccc(NS(=O)(=O)N2CCCCC2)cn1. The van der Waals surface area contributed by atoms with E-state index < -0.39 is 10.2 Å². The standard InChI is InChI=1S/C10H16N4O2S/c11-10-5-4-9(8-12-10)13-17(15,16)14-6-2-1-3-7-14/h4-5,8,13H,1-3,6-7H2,(H2,11,12). The van der Waals surface area contributed by atoms with E-state index in [1.54, 1.807) is 12.1 Å². The summed E-state index contributed by atoms with van der Waals surface area (Å²) < 4.78 is 28.0. The first-order valence-corrected chi connectivity index (χ1v) is 7.01. The molecule has 1 aromatic heterocycles. The van der Waals surface area contributed by atoms with Crippen LogP contribution in [0.15, 0.2) is 18.3 Å². The van der Waals surface area contributed by atoms with Gasteiger partial charge in [-0.1, -0.05) is 6.42 Å². The molecule has 0 atom stereocenters. The average Bonchev–Trinajstić information content (AvgIpc) is 2.33. The fraction of sp³-hybridized carbons (Fsp3) is 0.500. The Bertz CT molecular complexity index is 466. The van der Waals surface area contributed by atoms with E-state index in [2.05, 4.69) is 9.71 Å². The van der Waals surface area contributed by atoms with Gasteiger partial charge in [0.05, 0.1) is 11.9 Å². The average molecular weight is 256 g/mol. The fourth-order valence-corrected chi connectivity index (χ4v) is 3.07. The number of piperidine rings is 1. The number of pyridine rings is 1. The molecule has 0 radical (unpaired) electrons. The van der Waals surface area contributed by atoms with Gasteiger partial charge in [-0.2, -0.15) is 12.7 Å². The number of aromatic nitrogens is 1. The molecule has 3 N–H and O–H groups in total. The highest BCUT2D eigenvalue weighted by molar-refractivity contribution is 7.90. The van der Waals surface area contributed by atoms with E-state index in [0.717, 1.165) is 19.3 Å². The molecule has 1 aromatic rings. The molecule has 0 saturated carbocycles. The summed E-state index contributed by atoms with van der Waals surface area (Å²) in [7, 11) is -3.45. The van der Waals surface area contributed by atoms with Crippen molar-refractivity contribution in [3.8, 4) is 0 Å². The van der Waals surface area contributed by atoms with Crippen LogP contribution in [0, 0.1) is 0 Å². The summed E-state index contributed by atoms with van der Waals surface area (Å²) in [5, 5.41) is 0. The minimum absolute atomic E-state index is 0.367. The number of hydrogen-bond acceptors (Lipinski definition) is 4. The van der Waals surface area contributed by atoms with Crippen LogP contribution in [0.5, 0.6) is 0 Å². The molecular formula is C10H16N4O2S. The molecule has 1 aliphatic heterocycles. The highest BCUT2D eigenvalue weighted by Crippen LogP contribution is 2.16. The normalized spacial score (nSPS) is 17.9. The zero-order valence-electron chi connectivity index (χ0n) is 9.46. The van der Waals surface area contributed by atoms with Crippen LogP contribution < -0.4 is 10.5 Å². The second kappa shape index (κ2) is 4.89. The summed E-state index contributed by atoms with van der Waals surface area (Å²) in [6.45, 7) is 1.16. The quantitative estimate of drug-likeness (QED) is 0.837. The Morgan fingerprint density at radius 1 is 1.24 bits per heavy atom. The molecule has 2 heterocycles. The van der Waals surface area contributed by atoms with Gasteiger partial charge in [-0.15, -0.1) is 0 Å². The van der Waals surface area contributed by atoms with Crippen molar-refractivity contribution in [3.63, 3.8) is 0 Å². The maximum absolute atomic E-state index is 12.0. The van der Waals surface area contributed by atoms with Crippen molar-refractivity contribution >= 4 is 21.7 Å². The van der Waals surface area contributed by atoms with Gasteiger partial charge in [-0.05, 0) is 25.0 Å². The van der Waals surface area contributed by atoms with Gasteiger partial charge in [0.1, 0.15) is 5.82 Å². The van der Waals surface area contributed by atoms with Crippen molar-refractivity contribution in [2.24, 2.45) is 0 Å². The van der Waals surface area contributed by atoms with Crippen LogP contribution in [-0.2, 0) is 10.2 Å². The van der Waals surface area contributed by atoms with Gasteiger partial charge in [-0.25, -0.2) is 4.98 Å². The highest BCUT2D eigenvalue weighted by atomic mass is 32.2.